The Hall–Kier alpha value is -2.33. The van der Waals surface area contributed by atoms with Gasteiger partial charge in [0.1, 0.15) is 0 Å². The summed E-state index contributed by atoms with van der Waals surface area (Å²) >= 11 is 0. The SMILES string of the molecule is CC(=O)c1cccc(-c2ccnc3c2C(C2CCNCC2)=NC3)c1. The average Bonchev–Trinajstić information content (AvgIpc) is 3.07. The number of Topliss-reactive ketones (excluding diaryl/α,β-unsaturated/α-hetero) is 1. The molecular formula is C20H21N3O. The van der Waals surface area contributed by atoms with Gasteiger partial charge in [-0.2, -0.15) is 0 Å². The van der Waals surface area contributed by atoms with E-state index < -0.39 is 0 Å². The number of aromatic nitrogens is 1. The Balaban J connectivity index is 1.79. The van der Waals surface area contributed by atoms with Crippen LogP contribution in [0, 0.1) is 5.92 Å². The van der Waals surface area contributed by atoms with Crippen molar-refractivity contribution in [3.05, 3.63) is 53.3 Å². The van der Waals surface area contributed by atoms with Crippen molar-refractivity contribution in [2.75, 3.05) is 13.1 Å². The molecule has 24 heavy (non-hydrogen) atoms. The zero-order chi connectivity index (χ0) is 16.5. The number of piperidine rings is 1. The van der Waals surface area contributed by atoms with Crippen LogP contribution >= 0.6 is 0 Å². The maximum atomic E-state index is 11.7. The summed E-state index contributed by atoms with van der Waals surface area (Å²) in [4.78, 5) is 21.1. The molecule has 1 saturated heterocycles. The first-order valence-corrected chi connectivity index (χ1v) is 8.58. The van der Waals surface area contributed by atoms with Gasteiger partial charge in [-0.1, -0.05) is 18.2 Å². The molecule has 2 aliphatic rings. The Kier molecular flexibility index (Phi) is 3.98. The second kappa shape index (κ2) is 6.29. The Morgan fingerprint density at radius 1 is 1.21 bits per heavy atom. The summed E-state index contributed by atoms with van der Waals surface area (Å²) in [5.41, 5.74) is 6.45. The fraction of sp³-hybridized carbons (Fsp3) is 0.350. The van der Waals surface area contributed by atoms with Crippen molar-refractivity contribution >= 4 is 11.5 Å². The quantitative estimate of drug-likeness (QED) is 0.884. The lowest BCUT2D eigenvalue weighted by atomic mass is 9.85. The highest BCUT2D eigenvalue weighted by atomic mass is 16.1. The van der Waals surface area contributed by atoms with Gasteiger partial charge in [-0.25, -0.2) is 0 Å². The third kappa shape index (κ3) is 2.67. The summed E-state index contributed by atoms with van der Waals surface area (Å²) in [6.07, 6.45) is 4.11. The molecule has 0 bridgehead atoms. The molecule has 3 heterocycles. The Morgan fingerprint density at radius 3 is 2.83 bits per heavy atom. The number of hydrogen-bond acceptors (Lipinski definition) is 4. The van der Waals surface area contributed by atoms with Crippen LogP contribution in [0.25, 0.3) is 11.1 Å². The van der Waals surface area contributed by atoms with Crippen LogP contribution in [0.1, 0.15) is 41.4 Å². The van der Waals surface area contributed by atoms with Crippen LogP contribution in [0.2, 0.25) is 0 Å². The number of carbonyl (C=O) groups is 1. The zero-order valence-corrected chi connectivity index (χ0v) is 13.9. The van der Waals surface area contributed by atoms with E-state index in [9.17, 15) is 4.79 Å². The molecule has 0 saturated carbocycles. The number of nitrogens with zero attached hydrogens (tertiary/aromatic N) is 2. The van der Waals surface area contributed by atoms with Gasteiger partial charge < -0.3 is 5.32 Å². The van der Waals surface area contributed by atoms with E-state index in [2.05, 4.69) is 22.4 Å². The van der Waals surface area contributed by atoms with Crippen LogP contribution in [0.15, 0.2) is 41.5 Å². The molecule has 0 aliphatic carbocycles. The number of hydrogen-bond donors (Lipinski definition) is 1. The standard InChI is InChI=1S/C20H21N3O/c1-13(24)15-3-2-4-16(11-15)17-7-10-22-18-12-23-20(19(17)18)14-5-8-21-9-6-14/h2-4,7,10-11,14,21H,5-6,8-9,12H2,1H3. The molecule has 4 nitrogen and oxygen atoms in total. The fourth-order valence-corrected chi connectivity index (χ4v) is 3.72. The molecular weight excluding hydrogens is 298 g/mol. The van der Waals surface area contributed by atoms with Crippen molar-refractivity contribution < 1.29 is 4.79 Å². The van der Waals surface area contributed by atoms with Crippen molar-refractivity contribution in [1.29, 1.82) is 0 Å². The fourth-order valence-electron chi connectivity index (χ4n) is 3.72. The maximum Gasteiger partial charge on any atom is 0.159 e. The number of aliphatic imine (C=N–C) groups is 1. The number of fused-ring (bicyclic) bond motifs is 1. The van der Waals surface area contributed by atoms with Gasteiger partial charge in [0.2, 0.25) is 0 Å². The summed E-state index contributed by atoms with van der Waals surface area (Å²) in [6.45, 7) is 4.38. The molecule has 2 aromatic rings. The van der Waals surface area contributed by atoms with Gasteiger partial charge >= 0.3 is 0 Å². The summed E-state index contributed by atoms with van der Waals surface area (Å²) in [5.74, 6) is 0.598. The van der Waals surface area contributed by atoms with Crippen molar-refractivity contribution in [2.24, 2.45) is 10.9 Å². The van der Waals surface area contributed by atoms with E-state index in [1.807, 2.05) is 24.4 Å². The Bertz CT molecular complexity index is 819. The van der Waals surface area contributed by atoms with Crippen LogP contribution < -0.4 is 5.32 Å². The Labute approximate surface area is 142 Å². The number of ketones is 1. The van der Waals surface area contributed by atoms with Gasteiger partial charge in [0, 0.05) is 29.0 Å². The van der Waals surface area contributed by atoms with Crippen LogP contribution in [0.5, 0.6) is 0 Å². The van der Waals surface area contributed by atoms with E-state index in [0.717, 1.165) is 48.3 Å². The predicted molar refractivity (Wildman–Crippen MR) is 95.5 cm³/mol. The largest absolute Gasteiger partial charge is 0.317 e. The van der Waals surface area contributed by atoms with Gasteiger partial charge in [-0.05, 0) is 56.1 Å². The average molecular weight is 319 g/mol. The molecule has 0 radical (unpaired) electrons. The smallest absolute Gasteiger partial charge is 0.159 e. The van der Waals surface area contributed by atoms with E-state index >= 15 is 0 Å². The number of rotatable bonds is 3. The van der Waals surface area contributed by atoms with Crippen molar-refractivity contribution in [3.63, 3.8) is 0 Å². The number of benzene rings is 1. The molecule has 0 spiro atoms. The monoisotopic (exact) mass is 319 g/mol. The van der Waals surface area contributed by atoms with E-state index in [-0.39, 0.29) is 5.78 Å². The van der Waals surface area contributed by atoms with Crippen LogP contribution in [0.4, 0.5) is 0 Å². The normalized spacial score (nSPS) is 17.5. The van der Waals surface area contributed by atoms with E-state index in [1.165, 1.54) is 11.3 Å². The zero-order valence-electron chi connectivity index (χ0n) is 13.9. The summed E-state index contributed by atoms with van der Waals surface area (Å²) < 4.78 is 0. The highest BCUT2D eigenvalue weighted by molar-refractivity contribution is 6.10. The molecule has 122 valence electrons. The van der Waals surface area contributed by atoms with Crippen molar-refractivity contribution in [1.82, 2.24) is 10.3 Å². The molecule has 4 rings (SSSR count). The van der Waals surface area contributed by atoms with Gasteiger partial charge in [0.05, 0.1) is 12.2 Å². The molecule has 1 aromatic carbocycles. The van der Waals surface area contributed by atoms with E-state index in [4.69, 9.17) is 4.99 Å². The molecule has 0 atom stereocenters. The van der Waals surface area contributed by atoms with Crippen LogP contribution in [-0.2, 0) is 6.54 Å². The molecule has 1 aromatic heterocycles. The predicted octanol–water partition coefficient (Wildman–Crippen LogP) is 3.25. The molecule has 0 unspecified atom stereocenters. The maximum absolute atomic E-state index is 11.7. The van der Waals surface area contributed by atoms with Gasteiger partial charge in [-0.15, -0.1) is 0 Å². The lowest BCUT2D eigenvalue weighted by molar-refractivity contribution is 0.101. The third-order valence-electron chi connectivity index (χ3n) is 4.99. The Morgan fingerprint density at radius 2 is 2.04 bits per heavy atom. The summed E-state index contributed by atoms with van der Waals surface area (Å²) in [5, 5.41) is 3.42. The van der Waals surface area contributed by atoms with Crippen LogP contribution in [-0.4, -0.2) is 29.6 Å². The third-order valence-corrected chi connectivity index (χ3v) is 4.99. The highest BCUT2D eigenvalue weighted by Gasteiger charge is 2.28. The lowest BCUT2D eigenvalue weighted by Crippen LogP contribution is -2.32. The molecule has 0 amide bonds. The minimum Gasteiger partial charge on any atom is -0.317 e. The van der Waals surface area contributed by atoms with E-state index in [0.29, 0.717) is 12.5 Å². The topological polar surface area (TPSA) is 54.4 Å². The lowest BCUT2D eigenvalue weighted by Gasteiger charge is -2.24. The molecule has 1 N–H and O–H groups in total. The first kappa shape index (κ1) is 15.2. The van der Waals surface area contributed by atoms with Crippen molar-refractivity contribution in [3.8, 4) is 11.1 Å². The highest BCUT2D eigenvalue weighted by Crippen LogP contribution is 2.34. The number of nitrogens with one attached hydrogen (secondary N) is 1. The van der Waals surface area contributed by atoms with Crippen molar-refractivity contribution in [2.45, 2.75) is 26.3 Å². The van der Waals surface area contributed by atoms with E-state index in [1.54, 1.807) is 6.92 Å². The number of carbonyl (C=O) groups excluding carboxylic acids is 1. The second-order valence-electron chi connectivity index (χ2n) is 6.54. The minimum absolute atomic E-state index is 0.0924. The molecule has 4 heteroatoms. The first-order valence-electron chi connectivity index (χ1n) is 8.58. The summed E-state index contributed by atoms with van der Waals surface area (Å²) in [6, 6.07) is 9.93. The molecule has 1 fully saturated rings. The van der Waals surface area contributed by atoms with Gasteiger partial charge in [0.25, 0.3) is 0 Å². The summed E-state index contributed by atoms with van der Waals surface area (Å²) in [7, 11) is 0. The second-order valence-corrected chi connectivity index (χ2v) is 6.54. The minimum atomic E-state index is 0.0924. The van der Waals surface area contributed by atoms with Gasteiger partial charge in [0.15, 0.2) is 5.78 Å². The first-order chi connectivity index (χ1) is 11.7. The van der Waals surface area contributed by atoms with Gasteiger partial charge in [-0.3, -0.25) is 14.8 Å². The molecule has 2 aliphatic heterocycles. The number of pyridine rings is 1. The van der Waals surface area contributed by atoms with Crippen LogP contribution in [0.3, 0.4) is 0 Å².